The molecule has 0 spiro atoms. The fourth-order valence-corrected chi connectivity index (χ4v) is 2.29. The second-order valence-electron chi connectivity index (χ2n) is 5.53. The van der Waals surface area contributed by atoms with Gasteiger partial charge in [-0.25, -0.2) is 5.01 Å². The Hall–Kier alpha value is -2.33. The summed E-state index contributed by atoms with van der Waals surface area (Å²) in [5, 5.41) is 2.08. The zero-order chi connectivity index (χ0) is 18.3. The van der Waals surface area contributed by atoms with Gasteiger partial charge in [0.15, 0.2) is 0 Å². The SMILES string of the molecule is C=CC(/C=C\C=C/CC)N(CCCC(=O)OCC)Nc1ccccc1. The van der Waals surface area contributed by atoms with Gasteiger partial charge < -0.3 is 10.2 Å². The largest absolute Gasteiger partial charge is 0.466 e. The predicted molar refractivity (Wildman–Crippen MR) is 105 cm³/mol. The van der Waals surface area contributed by atoms with E-state index in [2.05, 4.69) is 36.1 Å². The first kappa shape index (κ1) is 20.7. The summed E-state index contributed by atoms with van der Waals surface area (Å²) in [6.07, 6.45) is 12.3. The summed E-state index contributed by atoms with van der Waals surface area (Å²) in [4.78, 5) is 11.6. The van der Waals surface area contributed by atoms with Gasteiger partial charge in [-0.1, -0.05) is 55.5 Å². The summed E-state index contributed by atoms with van der Waals surface area (Å²) in [5.74, 6) is -0.154. The Kier molecular flexibility index (Phi) is 10.8. The summed E-state index contributed by atoms with van der Waals surface area (Å²) in [7, 11) is 0. The molecule has 1 N–H and O–H groups in total. The number of hydrogen-bond donors (Lipinski definition) is 1. The molecule has 25 heavy (non-hydrogen) atoms. The van der Waals surface area contributed by atoms with Crippen LogP contribution >= 0.6 is 0 Å². The number of anilines is 1. The molecule has 0 saturated carbocycles. The first-order chi connectivity index (χ1) is 12.2. The Morgan fingerprint density at radius 2 is 2.04 bits per heavy atom. The number of rotatable bonds is 12. The molecule has 4 nitrogen and oxygen atoms in total. The van der Waals surface area contributed by atoms with E-state index < -0.39 is 0 Å². The fraction of sp³-hybridized carbons (Fsp3) is 0.381. The van der Waals surface area contributed by atoms with Crippen LogP contribution in [0.2, 0.25) is 0 Å². The van der Waals surface area contributed by atoms with Gasteiger partial charge in [-0.2, -0.15) is 0 Å². The van der Waals surface area contributed by atoms with Crippen LogP contribution in [0.5, 0.6) is 0 Å². The summed E-state index contributed by atoms with van der Waals surface area (Å²) in [6, 6.07) is 10.0. The Morgan fingerprint density at radius 1 is 1.28 bits per heavy atom. The Bertz CT molecular complexity index is 552. The third-order valence-corrected chi connectivity index (χ3v) is 3.52. The van der Waals surface area contributed by atoms with E-state index in [9.17, 15) is 4.79 Å². The molecule has 0 aliphatic carbocycles. The van der Waals surface area contributed by atoms with Gasteiger partial charge >= 0.3 is 5.97 Å². The lowest BCUT2D eigenvalue weighted by atomic mass is 10.2. The lowest BCUT2D eigenvalue weighted by Crippen LogP contribution is -2.38. The predicted octanol–water partition coefficient (Wildman–Crippen LogP) is 4.74. The molecule has 1 aromatic rings. The standard InChI is InChI=1S/C21H30N2O2/c1-4-7-8-12-16-20(5-2)23(18-13-17-21(24)25-6-3)22-19-14-10-9-11-15-19/h5,7-12,14-16,20,22H,2,4,6,13,17-18H2,1,3H3/b8-7-,16-12-. The third-order valence-electron chi connectivity index (χ3n) is 3.52. The van der Waals surface area contributed by atoms with Gasteiger partial charge in [0.25, 0.3) is 0 Å². The maximum atomic E-state index is 11.6. The van der Waals surface area contributed by atoms with E-state index in [-0.39, 0.29) is 12.0 Å². The van der Waals surface area contributed by atoms with Crippen molar-refractivity contribution in [3.63, 3.8) is 0 Å². The molecule has 1 aromatic carbocycles. The van der Waals surface area contributed by atoms with Crippen molar-refractivity contribution in [1.29, 1.82) is 0 Å². The smallest absolute Gasteiger partial charge is 0.305 e. The second kappa shape index (κ2) is 13.0. The van der Waals surface area contributed by atoms with Gasteiger partial charge in [0.1, 0.15) is 0 Å². The van der Waals surface area contributed by atoms with E-state index in [1.165, 1.54) is 0 Å². The zero-order valence-corrected chi connectivity index (χ0v) is 15.4. The van der Waals surface area contributed by atoms with Crippen LogP contribution in [0, 0.1) is 0 Å². The summed E-state index contributed by atoms with van der Waals surface area (Å²) in [6.45, 7) is 9.00. The lowest BCUT2D eigenvalue weighted by Gasteiger charge is -2.29. The molecule has 0 radical (unpaired) electrons. The van der Waals surface area contributed by atoms with Gasteiger partial charge in [0, 0.05) is 18.7 Å². The van der Waals surface area contributed by atoms with Crippen molar-refractivity contribution in [3.8, 4) is 0 Å². The monoisotopic (exact) mass is 342 g/mol. The van der Waals surface area contributed by atoms with Crippen molar-refractivity contribution >= 4 is 11.7 Å². The normalized spacial score (nSPS) is 12.6. The molecule has 136 valence electrons. The Balaban J connectivity index is 2.74. The number of nitrogens with one attached hydrogen (secondary N) is 1. The molecule has 1 unspecified atom stereocenters. The number of carbonyl (C=O) groups excluding carboxylic acids is 1. The van der Waals surface area contributed by atoms with Crippen LogP contribution in [0.15, 0.2) is 67.3 Å². The Labute approximate surface area is 151 Å². The molecule has 0 amide bonds. The fourth-order valence-electron chi connectivity index (χ4n) is 2.29. The number of esters is 1. The van der Waals surface area contributed by atoms with E-state index in [1.807, 2.05) is 55.5 Å². The average Bonchev–Trinajstić information content (AvgIpc) is 2.62. The Morgan fingerprint density at radius 3 is 2.68 bits per heavy atom. The highest BCUT2D eigenvalue weighted by Crippen LogP contribution is 2.12. The molecule has 0 bridgehead atoms. The van der Waals surface area contributed by atoms with Crippen LogP contribution in [0.25, 0.3) is 0 Å². The maximum Gasteiger partial charge on any atom is 0.305 e. The summed E-state index contributed by atoms with van der Waals surface area (Å²) < 4.78 is 5.00. The van der Waals surface area contributed by atoms with Gasteiger partial charge in [0.05, 0.1) is 12.6 Å². The van der Waals surface area contributed by atoms with Crippen LogP contribution < -0.4 is 5.43 Å². The minimum Gasteiger partial charge on any atom is -0.466 e. The number of carbonyl (C=O) groups is 1. The molecular formula is C21H30N2O2. The molecule has 0 fully saturated rings. The number of hydrazine groups is 1. The molecule has 4 heteroatoms. The number of allylic oxidation sites excluding steroid dienone is 3. The minimum absolute atomic E-state index is 0.0175. The zero-order valence-electron chi connectivity index (χ0n) is 15.4. The van der Waals surface area contributed by atoms with Crippen LogP contribution in [0.4, 0.5) is 5.69 Å². The molecule has 0 aliphatic rings. The summed E-state index contributed by atoms with van der Waals surface area (Å²) in [5.41, 5.74) is 4.41. The number of ether oxygens (including phenoxy) is 1. The molecule has 0 aliphatic heterocycles. The van der Waals surface area contributed by atoms with Crippen LogP contribution in [-0.4, -0.2) is 30.2 Å². The van der Waals surface area contributed by atoms with Crippen LogP contribution in [-0.2, 0) is 9.53 Å². The van der Waals surface area contributed by atoms with E-state index in [0.717, 1.165) is 12.1 Å². The highest BCUT2D eigenvalue weighted by molar-refractivity contribution is 5.69. The molecule has 1 rings (SSSR count). The molecule has 0 aromatic heterocycles. The van der Waals surface area contributed by atoms with Gasteiger partial charge in [-0.15, -0.1) is 6.58 Å². The van der Waals surface area contributed by atoms with E-state index in [1.54, 1.807) is 0 Å². The lowest BCUT2D eigenvalue weighted by molar-refractivity contribution is -0.143. The highest BCUT2D eigenvalue weighted by atomic mass is 16.5. The van der Waals surface area contributed by atoms with Crippen molar-refractivity contribution in [2.24, 2.45) is 0 Å². The van der Waals surface area contributed by atoms with Crippen molar-refractivity contribution in [3.05, 3.63) is 67.3 Å². The van der Waals surface area contributed by atoms with Crippen molar-refractivity contribution < 1.29 is 9.53 Å². The topological polar surface area (TPSA) is 41.6 Å². The van der Waals surface area contributed by atoms with Crippen molar-refractivity contribution in [2.75, 3.05) is 18.6 Å². The van der Waals surface area contributed by atoms with Crippen LogP contribution in [0.1, 0.15) is 33.1 Å². The first-order valence-corrected chi connectivity index (χ1v) is 8.91. The molecule has 0 heterocycles. The molecular weight excluding hydrogens is 312 g/mol. The minimum atomic E-state index is -0.154. The van der Waals surface area contributed by atoms with Crippen LogP contribution in [0.3, 0.4) is 0 Å². The molecule has 1 atom stereocenters. The van der Waals surface area contributed by atoms with Gasteiger partial charge in [0.2, 0.25) is 0 Å². The maximum absolute atomic E-state index is 11.6. The van der Waals surface area contributed by atoms with Crippen molar-refractivity contribution in [2.45, 2.75) is 39.2 Å². The number of para-hydroxylation sites is 1. The van der Waals surface area contributed by atoms with E-state index >= 15 is 0 Å². The van der Waals surface area contributed by atoms with E-state index in [4.69, 9.17) is 4.74 Å². The third kappa shape index (κ3) is 8.91. The number of nitrogens with zero attached hydrogens (tertiary/aromatic N) is 1. The van der Waals surface area contributed by atoms with Gasteiger partial charge in [-0.05, 0) is 31.9 Å². The first-order valence-electron chi connectivity index (χ1n) is 8.91. The summed E-state index contributed by atoms with van der Waals surface area (Å²) >= 11 is 0. The quantitative estimate of drug-likeness (QED) is 0.258. The molecule has 0 saturated heterocycles. The van der Waals surface area contributed by atoms with E-state index in [0.29, 0.717) is 26.0 Å². The van der Waals surface area contributed by atoms with Gasteiger partial charge in [-0.3, -0.25) is 4.79 Å². The second-order valence-corrected chi connectivity index (χ2v) is 5.53. The highest BCUT2D eigenvalue weighted by Gasteiger charge is 2.13. The average molecular weight is 342 g/mol. The number of benzene rings is 1. The van der Waals surface area contributed by atoms with Crippen molar-refractivity contribution in [1.82, 2.24) is 5.01 Å². The number of hydrogen-bond acceptors (Lipinski definition) is 4.